The van der Waals surface area contributed by atoms with Crippen LogP contribution in [0.1, 0.15) is 82.4 Å². The van der Waals surface area contributed by atoms with Crippen LogP contribution in [0.2, 0.25) is 8.67 Å². The summed E-state index contributed by atoms with van der Waals surface area (Å²) in [6.07, 6.45) is 4.26. The SMILES string of the molecule is Cc1cccc2c1CN(C(=O)O[C@@H]1C[C@H]3C(=O)N[C@]4(C(=O)NS(=O)(=O)c5cc(Cl)sc5Cl)C[C@H]4/C=C\CCCCC[C@H](NC(=O)OCC(C)(C)C)C(=O)N3C1)C2. The van der Waals surface area contributed by atoms with Crippen molar-refractivity contribution in [2.75, 3.05) is 13.2 Å². The number of benzene rings is 1. The zero-order chi connectivity index (χ0) is 40.6. The van der Waals surface area contributed by atoms with Crippen LogP contribution in [0.25, 0.3) is 0 Å². The number of thiophene rings is 1. The minimum atomic E-state index is -4.49. The Hall–Kier alpha value is -3.86. The molecular formula is C38H47Cl2N5O9S2. The lowest BCUT2D eigenvalue weighted by Gasteiger charge is -2.30. The monoisotopic (exact) mass is 851 g/mol. The van der Waals surface area contributed by atoms with E-state index in [1.807, 2.05) is 52.0 Å². The van der Waals surface area contributed by atoms with Gasteiger partial charge in [-0.25, -0.2) is 22.7 Å². The second-order valence-corrected chi connectivity index (χ2v) is 20.0. The Morgan fingerprint density at radius 2 is 1.88 bits per heavy atom. The number of alkyl carbamates (subject to hydrolysis) is 1. The molecule has 0 unspecified atom stereocenters. The molecule has 5 amide bonds. The molecule has 1 saturated carbocycles. The summed E-state index contributed by atoms with van der Waals surface area (Å²) >= 11 is 12.9. The fourth-order valence-corrected chi connectivity index (χ4v) is 10.5. The Morgan fingerprint density at radius 3 is 2.57 bits per heavy atom. The second-order valence-electron chi connectivity index (χ2n) is 16.1. The molecule has 14 nitrogen and oxygen atoms in total. The van der Waals surface area contributed by atoms with Crippen molar-refractivity contribution in [2.24, 2.45) is 11.3 Å². The van der Waals surface area contributed by atoms with E-state index < -0.39 is 69.6 Å². The van der Waals surface area contributed by atoms with Crippen molar-refractivity contribution in [3.05, 3.63) is 61.8 Å². The summed E-state index contributed by atoms with van der Waals surface area (Å²) in [4.78, 5) is 71.7. The third-order valence-electron chi connectivity index (χ3n) is 10.5. The van der Waals surface area contributed by atoms with E-state index in [0.717, 1.165) is 40.5 Å². The van der Waals surface area contributed by atoms with Crippen molar-refractivity contribution < 1.29 is 41.9 Å². The number of amides is 5. The predicted octanol–water partition coefficient (Wildman–Crippen LogP) is 5.83. The summed E-state index contributed by atoms with van der Waals surface area (Å²) in [6.45, 7) is 8.31. The zero-order valence-corrected chi connectivity index (χ0v) is 34.8. The highest BCUT2D eigenvalue weighted by Crippen LogP contribution is 2.46. The Balaban J connectivity index is 1.26. The Morgan fingerprint density at radius 1 is 1.11 bits per heavy atom. The molecule has 3 N–H and O–H groups in total. The number of fused-ring (bicyclic) bond motifs is 3. The first-order chi connectivity index (χ1) is 26.4. The van der Waals surface area contributed by atoms with E-state index in [0.29, 0.717) is 32.4 Å². The van der Waals surface area contributed by atoms with E-state index in [2.05, 4.69) is 15.4 Å². The highest BCUT2D eigenvalue weighted by Gasteiger charge is 2.62. The lowest BCUT2D eigenvalue weighted by atomic mass is 9.99. The summed E-state index contributed by atoms with van der Waals surface area (Å²) in [5, 5.41) is 5.49. The molecule has 3 aliphatic heterocycles. The minimum absolute atomic E-state index is 0.0898. The van der Waals surface area contributed by atoms with E-state index in [4.69, 9.17) is 32.7 Å². The lowest BCUT2D eigenvalue weighted by Crippen LogP contribution is -2.58. The number of halogens is 2. The minimum Gasteiger partial charge on any atom is -0.449 e. The van der Waals surface area contributed by atoms with Crippen LogP contribution in [0.4, 0.5) is 9.59 Å². The van der Waals surface area contributed by atoms with Gasteiger partial charge in [-0.15, -0.1) is 11.3 Å². The van der Waals surface area contributed by atoms with Gasteiger partial charge in [-0.3, -0.25) is 19.3 Å². The molecule has 0 spiro atoms. The van der Waals surface area contributed by atoms with Crippen molar-refractivity contribution in [1.82, 2.24) is 25.2 Å². The third-order valence-corrected chi connectivity index (χ3v) is 13.5. The molecule has 4 heterocycles. The molecule has 18 heteroatoms. The van der Waals surface area contributed by atoms with E-state index in [9.17, 15) is 32.4 Å². The number of carbonyl (C=O) groups is 5. The summed E-state index contributed by atoms with van der Waals surface area (Å²) in [5.74, 6) is -2.86. The molecule has 304 valence electrons. The van der Waals surface area contributed by atoms with Gasteiger partial charge in [-0.1, -0.05) is 87.2 Å². The van der Waals surface area contributed by atoms with Gasteiger partial charge in [0.2, 0.25) is 11.8 Å². The van der Waals surface area contributed by atoms with Gasteiger partial charge < -0.3 is 25.0 Å². The first-order valence-corrected chi connectivity index (χ1v) is 21.7. The molecule has 1 saturated heterocycles. The van der Waals surface area contributed by atoms with Gasteiger partial charge >= 0.3 is 12.2 Å². The number of nitrogens with zero attached hydrogens (tertiary/aromatic N) is 2. The first kappa shape index (κ1) is 41.8. The number of ether oxygens (including phenoxy) is 2. The second kappa shape index (κ2) is 16.5. The molecule has 1 aliphatic carbocycles. The number of rotatable bonds is 6. The Bertz CT molecular complexity index is 2030. The van der Waals surface area contributed by atoms with Crippen LogP contribution in [0.15, 0.2) is 41.3 Å². The number of carbonyl (C=O) groups excluding carboxylic acids is 5. The standard InChI is InChI=1S/C38H47Cl2N5O9S2/c1-22-11-10-12-23-18-44(20-26(22)23)36(50)54-25-15-28-32(46)42-38(34(48)43-56(51,52)29-16-30(39)55-31(29)40)17-24(38)13-8-6-5-7-9-14-27(33(47)45(28)19-25)41-35(49)53-21-37(2,3)4/h8,10-13,16,24-25,27-28H,5-7,9,14-15,17-21H2,1-4H3,(H,41,49)(H,42,46)(H,43,48)/b13-8-/t24-,25-,27+,28+,38-/m1/s1. The zero-order valence-electron chi connectivity index (χ0n) is 31.7. The average molecular weight is 853 g/mol. The van der Waals surface area contributed by atoms with Gasteiger partial charge in [-0.2, -0.15) is 0 Å². The molecule has 4 aliphatic rings. The third kappa shape index (κ3) is 9.46. The fraction of sp³-hybridized carbons (Fsp3) is 0.553. The number of sulfonamides is 1. The molecule has 56 heavy (non-hydrogen) atoms. The largest absolute Gasteiger partial charge is 0.449 e. The molecule has 2 fully saturated rings. The summed E-state index contributed by atoms with van der Waals surface area (Å²) in [5.41, 5.74) is 1.09. The number of hydrogen-bond donors (Lipinski definition) is 3. The fourth-order valence-electron chi connectivity index (χ4n) is 7.34. The normalized spacial score (nSPS) is 26.1. The molecule has 1 aromatic heterocycles. The maximum absolute atomic E-state index is 14.4. The molecule has 0 bridgehead atoms. The smallest absolute Gasteiger partial charge is 0.410 e. The molecule has 0 radical (unpaired) electrons. The average Bonchev–Trinajstić information content (AvgIpc) is 3.42. The maximum Gasteiger partial charge on any atom is 0.410 e. The maximum atomic E-state index is 14.4. The highest BCUT2D eigenvalue weighted by molar-refractivity contribution is 7.90. The van der Waals surface area contributed by atoms with Crippen LogP contribution < -0.4 is 15.4 Å². The first-order valence-electron chi connectivity index (χ1n) is 18.6. The summed E-state index contributed by atoms with van der Waals surface area (Å²) in [7, 11) is -4.49. The van der Waals surface area contributed by atoms with Gasteiger partial charge in [-0.05, 0) is 60.8 Å². The van der Waals surface area contributed by atoms with Gasteiger partial charge in [0.25, 0.3) is 15.9 Å². The van der Waals surface area contributed by atoms with Crippen LogP contribution in [0, 0.1) is 18.3 Å². The van der Waals surface area contributed by atoms with E-state index >= 15 is 0 Å². The van der Waals surface area contributed by atoms with Gasteiger partial charge in [0.15, 0.2) is 0 Å². The molecular weight excluding hydrogens is 805 g/mol. The van der Waals surface area contributed by atoms with Crippen molar-refractivity contribution in [3.8, 4) is 0 Å². The summed E-state index contributed by atoms with van der Waals surface area (Å²) in [6, 6.07) is 4.67. The quantitative estimate of drug-likeness (QED) is 0.302. The molecule has 2 aromatic rings. The van der Waals surface area contributed by atoms with Crippen LogP contribution in [0.3, 0.4) is 0 Å². The number of hydrogen-bond acceptors (Lipinski definition) is 10. The summed E-state index contributed by atoms with van der Waals surface area (Å²) < 4.78 is 40.0. The van der Waals surface area contributed by atoms with Crippen molar-refractivity contribution in [1.29, 1.82) is 0 Å². The van der Waals surface area contributed by atoms with Gasteiger partial charge in [0.1, 0.15) is 33.0 Å². The highest BCUT2D eigenvalue weighted by atomic mass is 35.5. The molecule has 6 rings (SSSR count). The predicted molar refractivity (Wildman–Crippen MR) is 209 cm³/mol. The number of allylic oxidation sites excluding steroid dienone is 1. The molecule has 1 aromatic carbocycles. The van der Waals surface area contributed by atoms with E-state index in [1.54, 1.807) is 11.0 Å². The van der Waals surface area contributed by atoms with E-state index in [1.165, 1.54) is 4.90 Å². The van der Waals surface area contributed by atoms with Crippen molar-refractivity contribution >= 4 is 74.5 Å². The topological polar surface area (TPSA) is 181 Å². The lowest BCUT2D eigenvalue weighted by molar-refractivity contribution is -0.141. The van der Waals surface area contributed by atoms with Crippen LogP contribution in [0.5, 0.6) is 0 Å². The molecule has 5 atom stereocenters. The number of nitrogens with one attached hydrogen (secondary N) is 3. The Kier molecular flexibility index (Phi) is 12.3. The van der Waals surface area contributed by atoms with Gasteiger partial charge in [0, 0.05) is 25.4 Å². The van der Waals surface area contributed by atoms with Crippen LogP contribution >= 0.6 is 34.5 Å². The van der Waals surface area contributed by atoms with E-state index in [-0.39, 0.29) is 51.4 Å². The Labute approximate surface area is 340 Å². The van der Waals surface area contributed by atoms with Crippen LogP contribution in [-0.4, -0.2) is 85.0 Å². The van der Waals surface area contributed by atoms with Crippen molar-refractivity contribution in [3.63, 3.8) is 0 Å². The van der Waals surface area contributed by atoms with Crippen molar-refractivity contribution in [2.45, 2.75) is 114 Å². The van der Waals surface area contributed by atoms with Gasteiger partial charge in [0.05, 0.1) is 17.5 Å². The van der Waals surface area contributed by atoms with Crippen LogP contribution in [-0.2, 0) is 47.0 Å². The number of aryl methyl sites for hydroxylation is 1.